The summed E-state index contributed by atoms with van der Waals surface area (Å²) in [4.78, 5) is 45.8. The number of ether oxygens (including phenoxy) is 2. The standard InChI is InChI=1S/C28H28ClN3O5/c1-3-31(4-2)25(33)18-9-12-24(30-16-18)36-19-10-11-21(23(29)15-19)26(34)32-14-13-28(17-32)22-8-6-5-7-20(22)27(35)37-28/h5-12,15-16,20,22H,3-4,13-14,17H2,1-2H3/t20?,22?,28-/m0/s1. The zero-order chi connectivity index (χ0) is 26.2. The molecule has 5 rings (SSSR count). The van der Waals surface area contributed by atoms with Gasteiger partial charge in [0.2, 0.25) is 5.88 Å². The van der Waals surface area contributed by atoms with Crippen LogP contribution in [-0.4, -0.2) is 64.3 Å². The van der Waals surface area contributed by atoms with E-state index in [1.54, 1.807) is 40.1 Å². The lowest BCUT2D eigenvalue weighted by Crippen LogP contribution is -2.41. The molecule has 0 bridgehead atoms. The van der Waals surface area contributed by atoms with Crippen LogP contribution in [0.25, 0.3) is 0 Å². The van der Waals surface area contributed by atoms with Crippen molar-refractivity contribution in [2.24, 2.45) is 11.8 Å². The maximum absolute atomic E-state index is 13.3. The molecule has 1 aromatic heterocycles. The van der Waals surface area contributed by atoms with Crippen molar-refractivity contribution in [3.05, 3.63) is 77.0 Å². The first kappa shape index (κ1) is 25.0. The second-order valence-corrected chi connectivity index (χ2v) is 9.80. The number of fused-ring (bicyclic) bond motifs is 2. The topological polar surface area (TPSA) is 89.0 Å². The van der Waals surface area contributed by atoms with Gasteiger partial charge in [-0.05, 0) is 32.0 Å². The van der Waals surface area contributed by atoms with Crippen molar-refractivity contribution >= 4 is 29.4 Å². The number of carbonyl (C=O) groups excluding carboxylic acids is 3. The van der Waals surface area contributed by atoms with Gasteiger partial charge < -0.3 is 19.3 Å². The molecular formula is C28H28ClN3O5. The lowest BCUT2D eigenvalue weighted by atomic mass is 9.78. The molecule has 0 saturated carbocycles. The average Bonchev–Trinajstić information content (AvgIpc) is 3.46. The fourth-order valence-corrected chi connectivity index (χ4v) is 5.54. The Hall–Kier alpha value is -3.65. The van der Waals surface area contributed by atoms with Gasteiger partial charge in [0.15, 0.2) is 0 Å². The summed E-state index contributed by atoms with van der Waals surface area (Å²) in [6.07, 6.45) is 9.72. The number of halogens is 1. The zero-order valence-corrected chi connectivity index (χ0v) is 21.5. The van der Waals surface area contributed by atoms with Gasteiger partial charge >= 0.3 is 5.97 Å². The van der Waals surface area contributed by atoms with Crippen LogP contribution in [-0.2, 0) is 9.53 Å². The van der Waals surface area contributed by atoms with Crippen LogP contribution in [0.15, 0.2) is 60.8 Å². The van der Waals surface area contributed by atoms with E-state index in [4.69, 9.17) is 21.1 Å². The molecule has 8 nitrogen and oxygen atoms in total. The molecule has 2 aliphatic heterocycles. The molecule has 0 N–H and O–H groups in total. The van der Waals surface area contributed by atoms with Crippen LogP contribution in [0.3, 0.4) is 0 Å². The van der Waals surface area contributed by atoms with Crippen molar-refractivity contribution in [3.8, 4) is 11.6 Å². The van der Waals surface area contributed by atoms with Crippen LogP contribution in [0.1, 0.15) is 41.0 Å². The van der Waals surface area contributed by atoms with Crippen LogP contribution in [0.5, 0.6) is 11.6 Å². The molecule has 3 aliphatic rings. The third-order valence-electron chi connectivity index (χ3n) is 7.30. The highest BCUT2D eigenvalue weighted by atomic mass is 35.5. The number of amides is 2. The fourth-order valence-electron chi connectivity index (χ4n) is 5.29. The van der Waals surface area contributed by atoms with Gasteiger partial charge in [0, 0.05) is 50.3 Å². The molecule has 3 atom stereocenters. The number of likely N-dealkylation sites (tertiary alicyclic amines) is 1. The molecule has 9 heteroatoms. The first-order chi connectivity index (χ1) is 17.8. The Bertz CT molecular complexity index is 1290. The fraction of sp³-hybridized carbons (Fsp3) is 0.357. The molecule has 1 aromatic carbocycles. The minimum Gasteiger partial charge on any atom is -0.456 e. The average molecular weight is 522 g/mol. The first-order valence-corrected chi connectivity index (χ1v) is 12.8. The first-order valence-electron chi connectivity index (χ1n) is 12.4. The number of nitrogens with zero attached hydrogens (tertiary/aromatic N) is 3. The lowest BCUT2D eigenvalue weighted by molar-refractivity contribution is -0.149. The van der Waals surface area contributed by atoms with E-state index in [1.807, 2.05) is 38.2 Å². The molecule has 2 fully saturated rings. The van der Waals surface area contributed by atoms with E-state index in [2.05, 4.69) is 4.98 Å². The van der Waals surface area contributed by atoms with Gasteiger partial charge in [0.25, 0.3) is 11.8 Å². The number of rotatable bonds is 6. The van der Waals surface area contributed by atoms with Gasteiger partial charge in [-0.25, -0.2) is 4.98 Å². The van der Waals surface area contributed by atoms with Gasteiger partial charge in [0.05, 0.1) is 28.6 Å². The van der Waals surface area contributed by atoms with Crippen LogP contribution in [0.2, 0.25) is 5.02 Å². The molecule has 2 aromatic rings. The van der Waals surface area contributed by atoms with Crippen molar-refractivity contribution < 1.29 is 23.9 Å². The molecule has 0 radical (unpaired) electrons. The summed E-state index contributed by atoms with van der Waals surface area (Å²) in [6.45, 7) is 5.90. The Kier molecular flexibility index (Phi) is 6.77. The highest BCUT2D eigenvalue weighted by Crippen LogP contribution is 2.46. The summed E-state index contributed by atoms with van der Waals surface area (Å²) in [5.41, 5.74) is 0.134. The van der Waals surface area contributed by atoms with Gasteiger partial charge in [-0.15, -0.1) is 0 Å². The summed E-state index contributed by atoms with van der Waals surface area (Å²) >= 11 is 6.48. The second kappa shape index (κ2) is 10.0. The van der Waals surface area contributed by atoms with E-state index in [-0.39, 0.29) is 34.6 Å². The Labute approximate surface area is 220 Å². The minimum absolute atomic E-state index is 0.0738. The number of hydrogen-bond donors (Lipinski definition) is 0. The van der Waals surface area contributed by atoms with Gasteiger partial charge in [-0.1, -0.05) is 35.9 Å². The summed E-state index contributed by atoms with van der Waals surface area (Å²) in [5.74, 6) is -0.189. The minimum atomic E-state index is -0.696. The molecular weight excluding hydrogens is 494 g/mol. The van der Waals surface area contributed by atoms with Crippen LogP contribution < -0.4 is 4.74 Å². The van der Waals surface area contributed by atoms with Crippen molar-refractivity contribution in [3.63, 3.8) is 0 Å². The second-order valence-electron chi connectivity index (χ2n) is 9.39. The van der Waals surface area contributed by atoms with Crippen molar-refractivity contribution in [2.45, 2.75) is 25.9 Å². The van der Waals surface area contributed by atoms with Crippen molar-refractivity contribution in [1.29, 1.82) is 0 Å². The molecule has 2 amide bonds. The maximum atomic E-state index is 13.3. The molecule has 2 saturated heterocycles. The Morgan fingerprint density at radius 1 is 1.19 bits per heavy atom. The molecule has 1 spiro atoms. The molecule has 2 unspecified atom stereocenters. The number of carbonyl (C=O) groups is 3. The number of aromatic nitrogens is 1. The summed E-state index contributed by atoms with van der Waals surface area (Å²) < 4.78 is 11.6. The summed E-state index contributed by atoms with van der Waals surface area (Å²) in [6, 6.07) is 8.14. The Morgan fingerprint density at radius 2 is 1.97 bits per heavy atom. The number of allylic oxidation sites excluding steroid dienone is 2. The quantitative estimate of drug-likeness (QED) is 0.520. The molecule has 3 heterocycles. The predicted octanol–water partition coefficient (Wildman–Crippen LogP) is 4.51. The van der Waals surface area contributed by atoms with Crippen molar-refractivity contribution in [2.75, 3.05) is 26.2 Å². The summed E-state index contributed by atoms with van der Waals surface area (Å²) in [5, 5.41) is 0.249. The zero-order valence-electron chi connectivity index (χ0n) is 20.7. The van der Waals surface area contributed by atoms with Crippen molar-refractivity contribution in [1.82, 2.24) is 14.8 Å². The predicted molar refractivity (Wildman–Crippen MR) is 138 cm³/mol. The number of benzene rings is 1. The molecule has 192 valence electrons. The third-order valence-corrected chi connectivity index (χ3v) is 7.61. The highest BCUT2D eigenvalue weighted by Gasteiger charge is 2.57. The third kappa shape index (κ3) is 4.62. The van der Waals surface area contributed by atoms with Crippen LogP contribution in [0, 0.1) is 11.8 Å². The highest BCUT2D eigenvalue weighted by molar-refractivity contribution is 6.34. The maximum Gasteiger partial charge on any atom is 0.314 e. The lowest BCUT2D eigenvalue weighted by Gasteiger charge is -2.29. The largest absolute Gasteiger partial charge is 0.456 e. The number of pyridine rings is 1. The van der Waals surface area contributed by atoms with E-state index in [9.17, 15) is 14.4 Å². The van der Waals surface area contributed by atoms with E-state index in [0.29, 0.717) is 55.4 Å². The molecule has 37 heavy (non-hydrogen) atoms. The van der Waals surface area contributed by atoms with Crippen LogP contribution >= 0.6 is 11.6 Å². The smallest absolute Gasteiger partial charge is 0.314 e. The van der Waals surface area contributed by atoms with Gasteiger partial charge in [-0.3, -0.25) is 14.4 Å². The SMILES string of the molecule is CCN(CC)C(=O)c1ccc(Oc2ccc(C(=O)N3CC[C@@]4(C3)OC(=O)C3C=CC=CC34)c(Cl)c2)nc1. The van der Waals surface area contributed by atoms with E-state index >= 15 is 0 Å². The van der Waals surface area contributed by atoms with E-state index in [1.165, 1.54) is 6.20 Å². The Balaban J connectivity index is 1.25. The monoisotopic (exact) mass is 521 g/mol. The van der Waals surface area contributed by atoms with Crippen LogP contribution in [0.4, 0.5) is 0 Å². The van der Waals surface area contributed by atoms with Gasteiger partial charge in [0.1, 0.15) is 11.4 Å². The van der Waals surface area contributed by atoms with E-state index < -0.39 is 5.60 Å². The number of hydrogen-bond acceptors (Lipinski definition) is 6. The Morgan fingerprint density at radius 3 is 2.68 bits per heavy atom. The normalized spacial score (nSPS) is 23.8. The van der Waals surface area contributed by atoms with Gasteiger partial charge in [-0.2, -0.15) is 0 Å². The molecule has 1 aliphatic carbocycles. The summed E-state index contributed by atoms with van der Waals surface area (Å²) in [7, 11) is 0. The number of esters is 1. The van der Waals surface area contributed by atoms with E-state index in [0.717, 1.165) is 0 Å².